The molecule has 2 aromatic carbocycles. The third-order valence-electron chi connectivity index (χ3n) is 2.72. The minimum atomic E-state index is -1.29. The number of aromatic carboxylic acids is 1. The summed E-state index contributed by atoms with van der Waals surface area (Å²) in [6.07, 6.45) is 0. The number of nitro benzene ring substituents is 1. The van der Waals surface area contributed by atoms with E-state index >= 15 is 0 Å². The van der Waals surface area contributed by atoms with Gasteiger partial charge in [0.15, 0.2) is 0 Å². The molecule has 0 atom stereocenters. The van der Waals surface area contributed by atoms with Crippen LogP contribution in [0.1, 0.15) is 15.9 Å². The van der Waals surface area contributed by atoms with Gasteiger partial charge in [-0.15, -0.1) is 0 Å². The molecule has 0 fully saturated rings. The van der Waals surface area contributed by atoms with E-state index in [2.05, 4.69) is 0 Å². The lowest BCUT2D eigenvalue weighted by molar-refractivity contribution is -0.386. The Morgan fingerprint density at radius 3 is 2.48 bits per heavy atom. The lowest BCUT2D eigenvalue weighted by Crippen LogP contribution is -2.06. The highest BCUT2D eigenvalue weighted by Crippen LogP contribution is 2.31. The zero-order chi connectivity index (χ0) is 15.4. The van der Waals surface area contributed by atoms with Crippen LogP contribution in [0.5, 0.6) is 5.75 Å². The molecule has 0 amide bonds. The summed E-state index contributed by atoms with van der Waals surface area (Å²) in [7, 11) is 0. The lowest BCUT2D eigenvalue weighted by atomic mass is 10.1. The number of rotatable bonds is 5. The summed E-state index contributed by atoms with van der Waals surface area (Å²) in [6.45, 7) is 0.00228. The molecule has 0 spiro atoms. The molecule has 7 heteroatoms. The van der Waals surface area contributed by atoms with Crippen molar-refractivity contribution in [2.75, 3.05) is 0 Å². The maximum atomic E-state index is 11.1. The first-order chi connectivity index (χ1) is 9.99. The molecule has 0 aliphatic heterocycles. The van der Waals surface area contributed by atoms with Crippen LogP contribution in [0.3, 0.4) is 0 Å². The number of carbonyl (C=O) groups is 1. The normalized spacial score (nSPS) is 10.1. The Morgan fingerprint density at radius 2 is 1.90 bits per heavy atom. The second-order valence-corrected chi connectivity index (χ2v) is 4.57. The number of carboxylic acids is 1. The molecular weight excluding hydrogens is 298 g/mol. The number of hydrogen-bond donors (Lipinski definition) is 1. The Balaban J connectivity index is 2.31. The van der Waals surface area contributed by atoms with Gasteiger partial charge in [-0.05, 0) is 23.8 Å². The van der Waals surface area contributed by atoms with E-state index in [1.165, 1.54) is 18.2 Å². The Kier molecular flexibility index (Phi) is 4.39. The number of hydrogen-bond acceptors (Lipinski definition) is 4. The van der Waals surface area contributed by atoms with Crippen molar-refractivity contribution in [1.29, 1.82) is 0 Å². The SMILES string of the molecule is O=C(O)c1cccc([N+](=O)[O-])c1OCc1ccc(Cl)cc1. The molecule has 2 rings (SSSR count). The predicted octanol–water partition coefficient (Wildman–Crippen LogP) is 3.53. The summed E-state index contributed by atoms with van der Waals surface area (Å²) in [5.74, 6) is -1.55. The van der Waals surface area contributed by atoms with Crippen molar-refractivity contribution in [1.82, 2.24) is 0 Å². The molecule has 1 N–H and O–H groups in total. The average Bonchev–Trinajstić information content (AvgIpc) is 2.46. The van der Waals surface area contributed by atoms with Crippen molar-refractivity contribution < 1.29 is 19.6 Å². The van der Waals surface area contributed by atoms with Crippen LogP contribution in [-0.4, -0.2) is 16.0 Å². The zero-order valence-corrected chi connectivity index (χ0v) is 11.4. The van der Waals surface area contributed by atoms with Crippen LogP contribution in [0.25, 0.3) is 0 Å². The van der Waals surface area contributed by atoms with Gasteiger partial charge in [-0.2, -0.15) is 0 Å². The fourth-order valence-corrected chi connectivity index (χ4v) is 1.85. The van der Waals surface area contributed by atoms with E-state index in [1.54, 1.807) is 24.3 Å². The number of benzene rings is 2. The van der Waals surface area contributed by atoms with Crippen molar-refractivity contribution in [3.05, 3.63) is 68.7 Å². The lowest BCUT2D eigenvalue weighted by Gasteiger charge is -2.09. The highest BCUT2D eigenvalue weighted by molar-refractivity contribution is 6.30. The van der Waals surface area contributed by atoms with E-state index in [0.29, 0.717) is 10.6 Å². The third-order valence-corrected chi connectivity index (χ3v) is 2.97. The summed E-state index contributed by atoms with van der Waals surface area (Å²) >= 11 is 5.75. The predicted molar refractivity (Wildman–Crippen MR) is 75.8 cm³/mol. The molecule has 0 radical (unpaired) electrons. The summed E-state index contributed by atoms with van der Waals surface area (Å²) in [5.41, 5.74) is 0.0796. The van der Waals surface area contributed by atoms with Crippen molar-refractivity contribution in [2.45, 2.75) is 6.61 Å². The van der Waals surface area contributed by atoms with Gasteiger partial charge in [0.1, 0.15) is 12.2 Å². The fourth-order valence-electron chi connectivity index (χ4n) is 1.72. The van der Waals surface area contributed by atoms with Crippen molar-refractivity contribution in [3.8, 4) is 5.75 Å². The van der Waals surface area contributed by atoms with Gasteiger partial charge in [0.05, 0.1) is 4.92 Å². The van der Waals surface area contributed by atoms with Gasteiger partial charge in [0.25, 0.3) is 0 Å². The van der Waals surface area contributed by atoms with Gasteiger partial charge >= 0.3 is 11.7 Å². The van der Waals surface area contributed by atoms with Crippen LogP contribution in [0.4, 0.5) is 5.69 Å². The Morgan fingerprint density at radius 1 is 1.24 bits per heavy atom. The smallest absolute Gasteiger partial charge is 0.339 e. The highest BCUT2D eigenvalue weighted by atomic mass is 35.5. The first kappa shape index (κ1) is 14.8. The number of carboxylic acid groups (broad SMARTS) is 1. The Bertz CT molecular complexity index is 652. The maximum absolute atomic E-state index is 11.1. The van der Waals surface area contributed by atoms with Crippen LogP contribution in [-0.2, 0) is 6.61 Å². The number of para-hydroxylation sites is 1. The van der Waals surface area contributed by atoms with Gasteiger partial charge in [0.2, 0.25) is 5.75 Å². The molecule has 0 saturated heterocycles. The topological polar surface area (TPSA) is 89.7 Å². The van der Waals surface area contributed by atoms with E-state index in [4.69, 9.17) is 21.4 Å². The molecule has 0 heterocycles. The van der Waals surface area contributed by atoms with Crippen LogP contribution in [0.2, 0.25) is 5.02 Å². The van der Waals surface area contributed by atoms with E-state index in [1.807, 2.05) is 0 Å². The number of nitro groups is 1. The molecule has 0 saturated carbocycles. The van der Waals surface area contributed by atoms with E-state index in [9.17, 15) is 14.9 Å². The number of halogens is 1. The minimum Gasteiger partial charge on any atom is -0.481 e. The molecule has 0 aliphatic carbocycles. The Hall–Kier alpha value is -2.60. The molecule has 6 nitrogen and oxygen atoms in total. The highest BCUT2D eigenvalue weighted by Gasteiger charge is 2.22. The molecule has 21 heavy (non-hydrogen) atoms. The fraction of sp³-hybridized carbons (Fsp3) is 0.0714. The quantitative estimate of drug-likeness (QED) is 0.674. The molecule has 0 aliphatic rings. The number of nitrogens with zero attached hydrogens (tertiary/aromatic N) is 1. The van der Waals surface area contributed by atoms with Crippen LogP contribution in [0.15, 0.2) is 42.5 Å². The second kappa shape index (κ2) is 6.23. The first-order valence-corrected chi connectivity index (χ1v) is 6.25. The minimum absolute atomic E-state index is 0.00228. The van der Waals surface area contributed by atoms with Crippen molar-refractivity contribution >= 4 is 23.3 Å². The van der Waals surface area contributed by atoms with E-state index < -0.39 is 10.9 Å². The first-order valence-electron chi connectivity index (χ1n) is 5.87. The second-order valence-electron chi connectivity index (χ2n) is 4.13. The van der Waals surface area contributed by atoms with Gasteiger partial charge in [-0.1, -0.05) is 29.8 Å². The Labute approximate surface area is 124 Å². The zero-order valence-electron chi connectivity index (χ0n) is 10.7. The molecule has 0 bridgehead atoms. The molecule has 2 aromatic rings. The number of ether oxygens (including phenoxy) is 1. The summed E-state index contributed by atoms with van der Waals surface area (Å²) < 4.78 is 5.35. The third kappa shape index (κ3) is 3.49. The van der Waals surface area contributed by atoms with Crippen LogP contribution in [0, 0.1) is 10.1 Å². The monoisotopic (exact) mass is 307 g/mol. The maximum Gasteiger partial charge on any atom is 0.339 e. The van der Waals surface area contributed by atoms with E-state index in [-0.39, 0.29) is 23.6 Å². The molecule has 108 valence electrons. The summed E-state index contributed by atoms with van der Waals surface area (Å²) in [5, 5.41) is 20.6. The molecule has 0 unspecified atom stereocenters. The van der Waals surface area contributed by atoms with Crippen molar-refractivity contribution in [2.24, 2.45) is 0 Å². The van der Waals surface area contributed by atoms with Gasteiger partial charge in [0, 0.05) is 11.1 Å². The van der Waals surface area contributed by atoms with Gasteiger partial charge < -0.3 is 9.84 Å². The van der Waals surface area contributed by atoms with Gasteiger partial charge in [-0.3, -0.25) is 10.1 Å². The van der Waals surface area contributed by atoms with Crippen LogP contribution >= 0.6 is 11.6 Å². The van der Waals surface area contributed by atoms with Crippen LogP contribution < -0.4 is 4.74 Å². The van der Waals surface area contributed by atoms with Crippen molar-refractivity contribution in [3.63, 3.8) is 0 Å². The molecular formula is C14H10ClNO5. The average molecular weight is 308 g/mol. The standard InChI is InChI=1S/C14H10ClNO5/c15-10-6-4-9(5-7-10)8-21-13-11(14(17)18)2-1-3-12(13)16(19)20/h1-7H,8H2,(H,17,18). The summed E-state index contributed by atoms with van der Waals surface area (Å²) in [4.78, 5) is 21.4. The molecule has 0 aromatic heterocycles. The van der Waals surface area contributed by atoms with Gasteiger partial charge in [-0.25, -0.2) is 4.79 Å². The van der Waals surface area contributed by atoms with E-state index in [0.717, 1.165) is 0 Å². The summed E-state index contributed by atoms with van der Waals surface area (Å²) in [6, 6.07) is 10.4. The largest absolute Gasteiger partial charge is 0.481 e.